The molecule has 0 unspecified atom stereocenters. The molecule has 0 aromatic heterocycles. The number of fused-ring (bicyclic) bond motifs is 1. The van der Waals surface area contributed by atoms with Crippen LogP contribution >= 0.6 is 0 Å². The van der Waals surface area contributed by atoms with Gasteiger partial charge in [0.2, 0.25) is 11.8 Å². The third-order valence-corrected chi connectivity index (χ3v) is 4.42. The minimum Gasteiger partial charge on any atom is -0.368 e. The number of rotatable bonds is 7. The van der Waals surface area contributed by atoms with Crippen LogP contribution in [-0.2, 0) is 22.4 Å². The van der Waals surface area contributed by atoms with Crippen molar-refractivity contribution in [1.82, 2.24) is 5.32 Å². The number of hydrogen-bond acceptors (Lipinski definition) is 2. The molecule has 2 amide bonds. The molecule has 0 aliphatic rings. The molecule has 3 aromatic carbocycles. The molecule has 0 fully saturated rings. The van der Waals surface area contributed by atoms with Crippen LogP contribution in [0.5, 0.6) is 0 Å². The highest BCUT2D eigenvalue weighted by Crippen LogP contribution is 2.16. The van der Waals surface area contributed by atoms with Gasteiger partial charge in [0.25, 0.3) is 0 Å². The lowest BCUT2D eigenvalue weighted by Crippen LogP contribution is -2.45. The molecule has 3 rings (SSSR count). The second-order valence-corrected chi connectivity index (χ2v) is 6.41. The van der Waals surface area contributed by atoms with E-state index in [1.54, 1.807) is 0 Å². The number of amides is 2. The van der Waals surface area contributed by atoms with Gasteiger partial charge in [-0.25, -0.2) is 0 Å². The first kappa shape index (κ1) is 17.7. The van der Waals surface area contributed by atoms with E-state index < -0.39 is 11.9 Å². The highest BCUT2D eigenvalue weighted by molar-refractivity contribution is 5.89. The topological polar surface area (TPSA) is 72.2 Å². The van der Waals surface area contributed by atoms with Crippen molar-refractivity contribution in [3.05, 3.63) is 83.9 Å². The van der Waals surface area contributed by atoms with Crippen molar-refractivity contribution in [3.63, 3.8) is 0 Å². The summed E-state index contributed by atoms with van der Waals surface area (Å²) in [6, 6.07) is 23.1. The normalized spacial score (nSPS) is 11.8. The van der Waals surface area contributed by atoms with Gasteiger partial charge in [0.15, 0.2) is 0 Å². The molecule has 4 heteroatoms. The molecule has 132 valence electrons. The van der Waals surface area contributed by atoms with Crippen molar-refractivity contribution in [1.29, 1.82) is 0 Å². The van der Waals surface area contributed by atoms with Gasteiger partial charge < -0.3 is 11.1 Å². The molecular formula is C22H22N2O2. The standard InChI is InChI=1S/C22H22N2O2/c23-22(26)20(13-11-16-6-2-1-3-7-16)24-21(25)15-17-10-12-18-8-4-5-9-19(18)14-17/h1-10,12,14,20H,11,13,15H2,(H2,23,26)(H,24,25)/t20-/m0/s1. The Bertz CT molecular complexity index is 906. The Morgan fingerprint density at radius 1 is 0.846 bits per heavy atom. The number of primary amides is 1. The Kier molecular flexibility index (Phi) is 5.64. The van der Waals surface area contributed by atoms with Crippen LogP contribution in [-0.4, -0.2) is 17.9 Å². The Balaban J connectivity index is 1.60. The van der Waals surface area contributed by atoms with Crippen molar-refractivity contribution in [2.45, 2.75) is 25.3 Å². The van der Waals surface area contributed by atoms with Crippen LogP contribution in [0.4, 0.5) is 0 Å². The van der Waals surface area contributed by atoms with Gasteiger partial charge in [-0.05, 0) is 34.7 Å². The first-order valence-electron chi connectivity index (χ1n) is 8.72. The molecular weight excluding hydrogens is 324 g/mol. The fourth-order valence-electron chi connectivity index (χ4n) is 3.02. The molecule has 0 saturated heterocycles. The fourth-order valence-corrected chi connectivity index (χ4v) is 3.02. The summed E-state index contributed by atoms with van der Waals surface area (Å²) in [6.07, 6.45) is 1.40. The van der Waals surface area contributed by atoms with E-state index in [1.165, 1.54) is 0 Å². The lowest BCUT2D eigenvalue weighted by molar-refractivity contribution is -0.127. The zero-order chi connectivity index (χ0) is 18.4. The van der Waals surface area contributed by atoms with Crippen molar-refractivity contribution in [2.75, 3.05) is 0 Å². The maximum absolute atomic E-state index is 12.4. The third kappa shape index (κ3) is 4.70. The van der Waals surface area contributed by atoms with Gasteiger partial charge in [0.1, 0.15) is 6.04 Å². The molecule has 3 N–H and O–H groups in total. The predicted molar refractivity (Wildman–Crippen MR) is 104 cm³/mol. The number of carbonyl (C=O) groups is 2. The van der Waals surface area contributed by atoms with E-state index in [2.05, 4.69) is 5.32 Å². The van der Waals surface area contributed by atoms with Crippen molar-refractivity contribution < 1.29 is 9.59 Å². The second kappa shape index (κ2) is 8.30. The first-order chi connectivity index (χ1) is 12.6. The van der Waals surface area contributed by atoms with Gasteiger partial charge in [0.05, 0.1) is 6.42 Å². The third-order valence-electron chi connectivity index (χ3n) is 4.42. The first-order valence-corrected chi connectivity index (χ1v) is 8.72. The van der Waals surface area contributed by atoms with Crippen LogP contribution < -0.4 is 11.1 Å². The van der Waals surface area contributed by atoms with Crippen LogP contribution in [0.2, 0.25) is 0 Å². The van der Waals surface area contributed by atoms with Crippen LogP contribution in [0.3, 0.4) is 0 Å². The highest BCUT2D eigenvalue weighted by Gasteiger charge is 2.18. The van der Waals surface area contributed by atoms with E-state index in [1.807, 2.05) is 72.8 Å². The van der Waals surface area contributed by atoms with Gasteiger partial charge >= 0.3 is 0 Å². The van der Waals surface area contributed by atoms with Gasteiger partial charge in [-0.2, -0.15) is 0 Å². The molecule has 0 aliphatic heterocycles. The van der Waals surface area contributed by atoms with Crippen molar-refractivity contribution >= 4 is 22.6 Å². The largest absolute Gasteiger partial charge is 0.368 e. The Morgan fingerprint density at radius 3 is 2.27 bits per heavy atom. The van der Waals surface area contributed by atoms with Gasteiger partial charge in [-0.3, -0.25) is 9.59 Å². The summed E-state index contributed by atoms with van der Waals surface area (Å²) in [5.74, 6) is -0.704. The Labute approximate surface area is 153 Å². The molecule has 0 bridgehead atoms. The summed E-state index contributed by atoms with van der Waals surface area (Å²) in [7, 11) is 0. The average Bonchev–Trinajstić information content (AvgIpc) is 2.65. The molecule has 0 aliphatic carbocycles. The van der Waals surface area contributed by atoms with Crippen LogP contribution in [0, 0.1) is 0 Å². The van der Waals surface area contributed by atoms with Crippen molar-refractivity contribution in [3.8, 4) is 0 Å². The molecule has 26 heavy (non-hydrogen) atoms. The monoisotopic (exact) mass is 346 g/mol. The van der Waals surface area contributed by atoms with Crippen LogP contribution in [0.15, 0.2) is 72.8 Å². The summed E-state index contributed by atoms with van der Waals surface area (Å²) >= 11 is 0. The van der Waals surface area contributed by atoms with Gasteiger partial charge in [0, 0.05) is 0 Å². The summed E-state index contributed by atoms with van der Waals surface area (Å²) in [6.45, 7) is 0. The fraction of sp³-hybridized carbons (Fsp3) is 0.182. The highest BCUT2D eigenvalue weighted by atomic mass is 16.2. The smallest absolute Gasteiger partial charge is 0.240 e. The lowest BCUT2D eigenvalue weighted by atomic mass is 10.0. The Morgan fingerprint density at radius 2 is 1.54 bits per heavy atom. The lowest BCUT2D eigenvalue weighted by Gasteiger charge is -2.15. The summed E-state index contributed by atoms with van der Waals surface area (Å²) in [4.78, 5) is 24.0. The molecule has 0 heterocycles. The summed E-state index contributed by atoms with van der Waals surface area (Å²) in [5, 5.41) is 4.99. The average molecular weight is 346 g/mol. The summed E-state index contributed by atoms with van der Waals surface area (Å²) in [5.41, 5.74) is 7.49. The van der Waals surface area contributed by atoms with Gasteiger partial charge in [-0.1, -0.05) is 72.8 Å². The molecule has 0 spiro atoms. The second-order valence-electron chi connectivity index (χ2n) is 6.41. The van der Waals surface area contributed by atoms with Crippen LogP contribution in [0.1, 0.15) is 17.5 Å². The van der Waals surface area contributed by atoms with E-state index in [4.69, 9.17) is 5.73 Å². The minimum atomic E-state index is -0.664. The number of carbonyl (C=O) groups excluding carboxylic acids is 2. The minimum absolute atomic E-state index is 0.197. The van der Waals surface area contributed by atoms with Gasteiger partial charge in [-0.15, -0.1) is 0 Å². The number of benzene rings is 3. The molecule has 0 saturated carbocycles. The number of nitrogens with two attached hydrogens (primary N) is 1. The van der Waals surface area contributed by atoms with E-state index in [0.717, 1.165) is 21.9 Å². The maximum atomic E-state index is 12.4. The zero-order valence-electron chi connectivity index (χ0n) is 14.5. The maximum Gasteiger partial charge on any atom is 0.240 e. The van der Waals surface area contributed by atoms with E-state index >= 15 is 0 Å². The number of nitrogens with one attached hydrogen (secondary N) is 1. The van der Waals surface area contributed by atoms with Crippen molar-refractivity contribution in [2.24, 2.45) is 5.73 Å². The van der Waals surface area contributed by atoms with E-state index in [0.29, 0.717) is 12.8 Å². The van der Waals surface area contributed by atoms with Crippen LogP contribution in [0.25, 0.3) is 10.8 Å². The zero-order valence-corrected chi connectivity index (χ0v) is 14.5. The molecule has 4 nitrogen and oxygen atoms in total. The molecule has 0 radical (unpaired) electrons. The van der Waals surface area contributed by atoms with E-state index in [9.17, 15) is 9.59 Å². The molecule has 1 atom stereocenters. The van der Waals surface area contributed by atoms with E-state index in [-0.39, 0.29) is 12.3 Å². The summed E-state index contributed by atoms with van der Waals surface area (Å²) < 4.78 is 0. The SMILES string of the molecule is NC(=O)[C@H](CCc1ccccc1)NC(=O)Cc1ccc2ccccc2c1. The quantitative estimate of drug-likeness (QED) is 0.690. The number of hydrogen-bond donors (Lipinski definition) is 2. The number of aryl methyl sites for hydroxylation is 1. The predicted octanol–water partition coefficient (Wildman–Crippen LogP) is 2.99. The Hall–Kier alpha value is -3.14. The molecule has 3 aromatic rings.